The lowest BCUT2D eigenvalue weighted by molar-refractivity contribution is 0.560. The fourth-order valence-electron chi connectivity index (χ4n) is 2.02. The largest absolute Gasteiger partial charge is 0.463 e. The van der Waals surface area contributed by atoms with Gasteiger partial charge in [0.15, 0.2) is 5.82 Å². The summed E-state index contributed by atoms with van der Waals surface area (Å²) >= 11 is 0. The van der Waals surface area contributed by atoms with Crippen molar-refractivity contribution in [2.75, 3.05) is 15.9 Å². The number of aryl methyl sites for hydroxylation is 1. The highest BCUT2D eigenvalue weighted by atomic mass is 32.2. The van der Waals surface area contributed by atoms with Crippen LogP contribution in [0.1, 0.15) is 11.5 Å². The Morgan fingerprint density at radius 1 is 1.19 bits per heavy atom. The molecule has 9 nitrogen and oxygen atoms in total. The third-order valence-corrected chi connectivity index (χ3v) is 4.53. The highest BCUT2D eigenvalue weighted by Gasteiger charge is 2.16. The number of rotatable bonds is 6. The second-order valence-corrected chi connectivity index (χ2v) is 6.96. The third-order valence-electron chi connectivity index (χ3n) is 3.18. The molecule has 0 fully saturated rings. The van der Waals surface area contributed by atoms with Gasteiger partial charge in [0.25, 0.3) is 10.0 Å². The van der Waals surface area contributed by atoms with Crippen LogP contribution in [0.2, 0.25) is 0 Å². The van der Waals surface area contributed by atoms with Crippen LogP contribution in [0, 0.1) is 6.92 Å². The molecule has 134 valence electrons. The van der Waals surface area contributed by atoms with Crippen molar-refractivity contribution in [3.05, 3.63) is 60.2 Å². The molecule has 3 aromatic rings. The molecule has 2 heterocycles. The zero-order chi connectivity index (χ0) is 18.6. The first-order chi connectivity index (χ1) is 12.4. The summed E-state index contributed by atoms with van der Waals surface area (Å²) in [7, 11) is -3.83. The van der Waals surface area contributed by atoms with Gasteiger partial charge in [-0.2, -0.15) is 10.1 Å². The van der Waals surface area contributed by atoms with Crippen LogP contribution in [0.4, 0.5) is 17.5 Å². The quantitative estimate of drug-likeness (QED) is 0.343. The number of hydrazone groups is 1. The molecular weight excluding hydrogens is 356 g/mol. The van der Waals surface area contributed by atoms with Crippen LogP contribution in [0.25, 0.3) is 0 Å². The second kappa shape index (κ2) is 7.23. The summed E-state index contributed by atoms with van der Waals surface area (Å²) in [6.45, 7) is 1.71. The van der Waals surface area contributed by atoms with E-state index in [0.29, 0.717) is 23.0 Å². The number of benzene rings is 1. The van der Waals surface area contributed by atoms with Gasteiger partial charge in [-0.25, -0.2) is 18.1 Å². The van der Waals surface area contributed by atoms with Crippen molar-refractivity contribution in [2.45, 2.75) is 11.8 Å². The van der Waals surface area contributed by atoms with Crippen LogP contribution in [0.3, 0.4) is 0 Å². The van der Waals surface area contributed by atoms with Crippen molar-refractivity contribution in [3.63, 3.8) is 0 Å². The molecule has 4 N–H and O–H groups in total. The number of hydrogen-bond acceptors (Lipinski definition) is 8. The van der Waals surface area contributed by atoms with Gasteiger partial charge in [0.1, 0.15) is 5.76 Å². The maximum absolute atomic E-state index is 12.4. The van der Waals surface area contributed by atoms with Crippen molar-refractivity contribution >= 4 is 33.7 Å². The van der Waals surface area contributed by atoms with Crippen molar-refractivity contribution in [3.8, 4) is 0 Å². The van der Waals surface area contributed by atoms with Crippen LogP contribution in [0.15, 0.2) is 63.1 Å². The van der Waals surface area contributed by atoms with E-state index in [0.717, 1.165) is 0 Å². The molecule has 0 aliphatic carbocycles. The predicted octanol–water partition coefficient (Wildman–Crippen LogP) is 2.21. The molecule has 0 aliphatic heterocycles. The standard InChI is InChI=1S/C16H16N6O3S/c1-11-9-15(21-18-10-13-3-2-8-25-13)20-16(19-11)22-26(23,24)14-6-4-12(17)5-7-14/h2-10H,17H2,1H3,(H2,19,20,21,22)/b18-10+. The molecular formula is C16H16N6O3S. The lowest BCUT2D eigenvalue weighted by Gasteiger charge is -2.09. The molecule has 0 bridgehead atoms. The summed E-state index contributed by atoms with van der Waals surface area (Å²) < 4.78 is 32.3. The minimum atomic E-state index is -3.83. The van der Waals surface area contributed by atoms with Crippen molar-refractivity contribution < 1.29 is 12.8 Å². The summed E-state index contributed by atoms with van der Waals surface area (Å²) in [4.78, 5) is 8.24. The average molecular weight is 372 g/mol. The molecule has 10 heteroatoms. The summed E-state index contributed by atoms with van der Waals surface area (Å²) in [5.74, 6) is 0.820. The predicted molar refractivity (Wildman–Crippen MR) is 98.4 cm³/mol. The minimum absolute atomic E-state index is 0.0576. The van der Waals surface area contributed by atoms with Gasteiger partial charge in [-0.15, -0.1) is 0 Å². The Morgan fingerprint density at radius 3 is 2.65 bits per heavy atom. The number of nitrogens with two attached hydrogens (primary N) is 1. The molecule has 0 saturated carbocycles. The lowest BCUT2D eigenvalue weighted by Crippen LogP contribution is -2.16. The highest BCUT2D eigenvalue weighted by molar-refractivity contribution is 7.92. The number of sulfonamides is 1. The Bertz CT molecular complexity index is 1010. The number of furan rings is 1. The number of aromatic nitrogens is 2. The molecule has 0 radical (unpaired) electrons. The van der Waals surface area contributed by atoms with Gasteiger partial charge in [-0.1, -0.05) is 0 Å². The fraction of sp³-hybridized carbons (Fsp3) is 0.0625. The zero-order valence-electron chi connectivity index (χ0n) is 13.7. The topological polar surface area (TPSA) is 136 Å². The van der Waals surface area contributed by atoms with Gasteiger partial charge in [0.2, 0.25) is 5.95 Å². The number of nitrogens with zero attached hydrogens (tertiary/aromatic N) is 3. The van der Waals surface area contributed by atoms with Gasteiger partial charge in [0, 0.05) is 17.4 Å². The molecule has 0 aliphatic rings. The van der Waals surface area contributed by atoms with E-state index in [1.165, 1.54) is 36.7 Å². The fourth-order valence-corrected chi connectivity index (χ4v) is 2.97. The molecule has 0 amide bonds. The van der Waals surface area contributed by atoms with E-state index in [2.05, 4.69) is 25.2 Å². The molecule has 1 aromatic carbocycles. The van der Waals surface area contributed by atoms with Crippen molar-refractivity contribution in [1.29, 1.82) is 0 Å². The number of anilines is 3. The van der Waals surface area contributed by atoms with E-state index in [9.17, 15) is 8.42 Å². The summed E-state index contributed by atoms with van der Waals surface area (Å²) in [6.07, 6.45) is 3.00. The van der Waals surface area contributed by atoms with E-state index in [4.69, 9.17) is 10.2 Å². The monoisotopic (exact) mass is 372 g/mol. The number of nitrogen functional groups attached to an aromatic ring is 1. The zero-order valence-corrected chi connectivity index (χ0v) is 14.6. The normalized spacial score (nSPS) is 11.6. The van der Waals surface area contributed by atoms with Gasteiger partial charge in [-0.05, 0) is 43.3 Å². The van der Waals surface area contributed by atoms with E-state index in [1.807, 2.05) is 0 Å². The molecule has 26 heavy (non-hydrogen) atoms. The number of nitrogens with one attached hydrogen (secondary N) is 2. The van der Waals surface area contributed by atoms with E-state index in [-0.39, 0.29) is 10.8 Å². The Labute approximate surface area is 150 Å². The summed E-state index contributed by atoms with van der Waals surface area (Å²) in [6, 6.07) is 10.9. The average Bonchev–Trinajstić information content (AvgIpc) is 3.07. The first-order valence-electron chi connectivity index (χ1n) is 7.49. The van der Waals surface area contributed by atoms with Crippen LogP contribution < -0.4 is 15.9 Å². The Hall–Kier alpha value is -3.40. The van der Waals surface area contributed by atoms with Crippen LogP contribution in [0.5, 0.6) is 0 Å². The van der Waals surface area contributed by atoms with Gasteiger partial charge < -0.3 is 10.2 Å². The van der Waals surface area contributed by atoms with Gasteiger partial charge in [0.05, 0.1) is 17.4 Å². The van der Waals surface area contributed by atoms with E-state index in [1.54, 1.807) is 25.1 Å². The Balaban J connectivity index is 1.77. The maximum atomic E-state index is 12.4. The van der Waals surface area contributed by atoms with E-state index < -0.39 is 10.0 Å². The van der Waals surface area contributed by atoms with Gasteiger partial charge >= 0.3 is 0 Å². The van der Waals surface area contributed by atoms with E-state index >= 15 is 0 Å². The smallest absolute Gasteiger partial charge is 0.264 e. The first kappa shape index (κ1) is 17.4. The maximum Gasteiger partial charge on any atom is 0.264 e. The molecule has 3 rings (SSSR count). The van der Waals surface area contributed by atoms with Gasteiger partial charge in [-0.3, -0.25) is 5.43 Å². The summed E-state index contributed by atoms with van der Waals surface area (Å²) in [5.41, 5.74) is 9.31. The minimum Gasteiger partial charge on any atom is -0.463 e. The molecule has 0 unspecified atom stereocenters. The SMILES string of the molecule is Cc1cc(N/N=C/c2ccco2)nc(NS(=O)(=O)c2ccc(N)cc2)n1. The van der Waals surface area contributed by atoms with Crippen molar-refractivity contribution in [2.24, 2.45) is 5.10 Å². The highest BCUT2D eigenvalue weighted by Crippen LogP contribution is 2.16. The van der Waals surface area contributed by atoms with Crippen LogP contribution >= 0.6 is 0 Å². The third kappa shape index (κ3) is 4.36. The first-order valence-corrected chi connectivity index (χ1v) is 8.97. The van der Waals surface area contributed by atoms with Crippen molar-refractivity contribution in [1.82, 2.24) is 9.97 Å². The van der Waals surface area contributed by atoms with Crippen LogP contribution in [-0.4, -0.2) is 24.6 Å². The van der Waals surface area contributed by atoms with Crippen LogP contribution in [-0.2, 0) is 10.0 Å². The Kier molecular flexibility index (Phi) is 4.85. The molecule has 0 spiro atoms. The number of hydrogen-bond donors (Lipinski definition) is 3. The molecule has 0 saturated heterocycles. The lowest BCUT2D eigenvalue weighted by atomic mass is 10.3. The summed E-state index contributed by atoms with van der Waals surface area (Å²) in [5, 5.41) is 3.98. The Morgan fingerprint density at radius 2 is 1.96 bits per heavy atom. The molecule has 0 atom stereocenters. The molecule has 2 aromatic heterocycles. The second-order valence-electron chi connectivity index (χ2n) is 5.28.